The van der Waals surface area contributed by atoms with E-state index in [0.29, 0.717) is 12.2 Å². The smallest absolute Gasteiger partial charge is 0.194 e. The van der Waals surface area contributed by atoms with E-state index in [0.717, 1.165) is 30.5 Å². The summed E-state index contributed by atoms with van der Waals surface area (Å²) in [6.07, 6.45) is 5.27. The molecule has 0 bridgehead atoms. The fraction of sp³-hybridized carbons (Fsp3) is 0.500. The summed E-state index contributed by atoms with van der Waals surface area (Å²) in [6.45, 7) is 11.9. The molecule has 2 aromatic carbocycles. The molecule has 29 heavy (non-hydrogen) atoms. The van der Waals surface area contributed by atoms with Crippen LogP contribution in [0.25, 0.3) is 0 Å². The van der Waals surface area contributed by atoms with Crippen LogP contribution in [-0.4, -0.2) is 29.4 Å². The first-order valence-electron chi connectivity index (χ1n) is 10.9. The molecule has 1 atom stereocenters. The maximum absolute atomic E-state index is 13.6. The molecule has 0 aliphatic carbocycles. The van der Waals surface area contributed by atoms with Crippen molar-refractivity contribution in [2.75, 3.05) is 13.1 Å². The van der Waals surface area contributed by atoms with Crippen molar-refractivity contribution in [3.05, 3.63) is 70.3 Å². The molecule has 3 rings (SSSR count). The molecule has 1 fully saturated rings. The first-order valence-corrected chi connectivity index (χ1v) is 10.9. The molecule has 1 unspecified atom stereocenters. The van der Waals surface area contributed by atoms with Crippen molar-refractivity contribution in [3.63, 3.8) is 0 Å². The van der Waals surface area contributed by atoms with Gasteiger partial charge in [-0.25, -0.2) is 0 Å². The molecule has 0 saturated carbocycles. The number of rotatable bonds is 7. The van der Waals surface area contributed by atoms with Gasteiger partial charge in [0.15, 0.2) is 5.78 Å². The first kappa shape index (κ1) is 24.4. The van der Waals surface area contributed by atoms with E-state index < -0.39 is 0 Å². The number of piperidine rings is 1. The molecule has 1 aliphatic rings. The number of benzene rings is 2. The van der Waals surface area contributed by atoms with Gasteiger partial charge in [-0.3, -0.25) is 4.79 Å². The van der Waals surface area contributed by atoms with E-state index in [4.69, 9.17) is 0 Å². The van der Waals surface area contributed by atoms with Crippen LogP contribution in [0.3, 0.4) is 0 Å². The topological polar surface area (TPSA) is 17.1 Å². The van der Waals surface area contributed by atoms with Gasteiger partial charge >= 0.3 is 0 Å². The normalized spacial score (nSPS) is 16.7. The molecule has 153 valence electrons. The molecule has 2 aromatic rings. The second-order valence-corrected chi connectivity index (χ2v) is 8.81. The van der Waals surface area contributed by atoms with Gasteiger partial charge in [-0.2, -0.15) is 0 Å². The molecule has 1 saturated heterocycles. The predicted molar refractivity (Wildman–Crippen MR) is 117 cm³/mol. The van der Waals surface area contributed by atoms with Gasteiger partial charge < -0.3 is 4.48 Å². The van der Waals surface area contributed by atoms with E-state index in [2.05, 4.69) is 70.2 Å². The Morgan fingerprint density at radius 3 is 2.07 bits per heavy atom. The summed E-state index contributed by atoms with van der Waals surface area (Å²) in [5.41, 5.74) is 6.38. The maximum atomic E-state index is 13.6. The Kier molecular flexibility index (Phi) is 9.26. The largest absolute Gasteiger partial charge is 0.311 e. The Morgan fingerprint density at radius 2 is 1.52 bits per heavy atom. The minimum absolute atomic E-state index is 0. The zero-order valence-corrected chi connectivity index (χ0v) is 21.5. The quantitative estimate of drug-likeness (QED) is 0.478. The predicted octanol–water partition coefficient (Wildman–Crippen LogP) is 5.70. The number of likely N-dealkylation sites (tertiary alicyclic amines) is 1. The van der Waals surface area contributed by atoms with Gasteiger partial charge in [-0.1, -0.05) is 55.0 Å². The SMILES string of the molecule is CCC(C(=O)Cc1c(C)cccc1C)[N+]1(Cc2ccc(C)cc2)CCCCC1.[Y]. The zero-order chi connectivity index (χ0) is 20.1. The second kappa shape index (κ2) is 11.0. The third-order valence-electron chi connectivity index (χ3n) is 6.74. The number of nitrogens with zero attached hydrogens (tertiary/aromatic N) is 1. The number of carbonyl (C=O) groups is 1. The van der Waals surface area contributed by atoms with Gasteiger partial charge in [0.2, 0.25) is 0 Å². The van der Waals surface area contributed by atoms with E-state index in [1.807, 2.05) is 0 Å². The first-order chi connectivity index (χ1) is 13.4. The third-order valence-corrected chi connectivity index (χ3v) is 6.74. The molecule has 1 radical (unpaired) electrons. The minimum atomic E-state index is 0. The van der Waals surface area contributed by atoms with Crippen LogP contribution in [0, 0.1) is 20.8 Å². The third kappa shape index (κ3) is 5.87. The average Bonchev–Trinajstić information content (AvgIpc) is 2.68. The van der Waals surface area contributed by atoms with Crippen molar-refractivity contribution in [1.29, 1.82) is 0 Å². The number of hydrogen-bond acceptors (Lipinski definition) is 1. The van der Waals surface area contributed by atoms with Crippen LogP contribution in [-0.2, 0) is 50.5 Å². The molecule has 0 spiro atoms. The van der Waals surface area contributed by atoms with Crippen molar-refractivity contribution in [1.82, 2.24) is 0 Å². The van der Waals surface area contributed by atoms with Crippen LogP contribution in [0.2, 0.25) is 0 Å². The molecule has 0 aromatic heterocycles. The molecule has 0 amide bonds. The Balaban J connectivity index is 0.00000300. The van der Waals surface area contributed by atoms with Crippen molar-refractivity contribution in [3.8, 4) is 0 Å². The zero-order valence-electron chi connectivity index (χ0n) is 18.7. The molecular weight excluding hydrogens is 431 g/mol. The van der Waals surface area contributed by atoms with Gasteiger partial charge in [-0.05, 0) is 56.7 Å². The van der Waals surface area contributed by atoms with Crippen molar-refractivity contribution < 1.29 is 42.0 Å². The van der Waals surface area contributed by atoms with E-state index >= 15 is 0 Å². The molecular formula is C26H36NOY+. The standard InChI is InChI=1S/C26H36NO.Y/c1-5-25(26(28)18-24-21(3)10-9-11-22(24)4)27(16-7-6-8-17-27)19-23-14-12-20(2)13-15-23;/h9-15,25H,5-8,16-19H2,1-4H3;/q+1;. The summed E-state index contributed by atoms with van der Waals surface area (Å²) >= 11 is 0. The number of ketones is 1. The van der Waals surface area contributed by atoms with Gasteiger partial charge in [0.05, 0.1) is 13.1 Å². The summed E-state index contributed by atoms with van der Waals surface area (Å²) < 4.78 is 0.948. The number of aryl methyl sites for hydroxylation is 3. The monoisotopic (exact) mass is 467 g/mol. The van der Waals surface area contributed by atoms with Gasteiger partial charge in [0.25, 0.3) is 0 Å². The van der Waals surface area contributed by atoms with Crippen LogP contribution < -0.4 is 0 Å². The maximum Gasteiger partial charge on any atom is 0.194 e. The number of carbonyl (C=O) groups excluding carboxylic acids is 1. The summed E-state index contributed by atoms with van der Waals surface area (Å²) in [6, 6.07) is 15.4. The molecule has 1 aliphatic heterocycles. The van der Waals surface area contributed by atoms with Gasteiger partial charge in [-0.15, -0.1) is 0 Å². The summed E-state index contributed by atoms with van der Waals surface area (Å²) in [5, 5.41) is 0. The van der Waals surface area contributed by atoms with Crippen LogP contribution in [0.5, 0.6) is 0 Å². The Bertz CT molecular complexity index is 786. The summed E-state index contributed by atoms with van der Waals surface area (Å²) in [5.74, 6) is 0.425. The van der Waals surface area contributed by atoms with Crippen LogP contribution in [0.15, 0.2) is 42.5 Å². The van der Waals surface area contributed by atoms with Gasteiger partial charge in [0.1, 0.15) is 12.6 Å². The molecule has 0 N–H and O–H groups in total. The van der Waals surface area contributed by atoms with E-state index in [1.54, 1.807) is 0 Å². The Labute approximate surface area is 202 Å². The number of hydrogen-bond donors (Lipinski definition) is 0. The van der Waals surface area contributed by atoms with E-state index in [9.17, 15) is 4.79 Å². The van der Waals surface area contributed by atoms with Gasteiger partial charge in [0, 0.05) is 51.1 Å². The van der Waals surface area contributed by atoms with E-state index in [-0.39, 0.29) is 38.8 Å². The molecule has 3 heteroatoms. The van der Waals surface area contributed by atoms with Crippen LogP contribution in [0.1, 0.15) is 60.4 Å². The van der Waals surface area contributed by atoms with Crippen molar-refractivity contribution >= 4 is 5.78 Å². The van der Waals surface area contributed by atoms with Crippen molar-refractivity contribution in [2.24, 2.45) is 0 Å². The Hall–Kier alpha value is -0.826. The minimum Gasteiger partial charge on any atom is -0.311 e. The van der Waals surface area contributed by atoms with Crippen molar-refractivity contribution in [2.45, 2.75) is 72.4 Å². The summed E-state index contributed by atoms with van der Waals surface area (Å²) in [4.78, 5) is 13.6. The Morgan fingerprint density at radius 1 is 0.931 bits per heavy atom. The average molecular weight is 467 g/mol. The number of Topliss-reactive ketones (excluding diaryl/α,β-unsaturated/α-hetero) is 1. The van der Waals surface area contributed by atoms with E-state index in [1.165, 1.54) is 47.1 Å². The second-order valence-electron chi connectivity index (χ2n) is 8.81. The molecule has 2 nitrogen and oxygen atoms in total. The molecule has 1 heterocycles. The number of quaternary nitrogens is 1. The summed E-state index contributed by atoms with van der Waals surface area (Å²) in [7, 11) is 0. The van der Waals surface area contributed by atoms with Crippen LogP contribution in [0.4, 0.5) is 0 Å². The fourth-order valence-corrected chi connectivity index (χ4v) is 5.12. The van der Waals surface area contributed by atoms with Crippen LogP contribution >= 0.6 is 0 Å². The fourth-order valence-electron chi connectivity index (χ4n) is 5.12.